The van der Waals surface area contributed by atoms with E-state index in [0.29, 0.717) is 24.4 Å². The van der Waals surface area contributed by atoms with Gasteiger partial charge in [-0.25, -0.2) is 13.1 Å². The second-order valence-corrected chi connectivity index (χ2v) is 8.59. The predicted octanol–water partition coefficient (Wildman–Crippen LogP) is 2.21. The third kappa shape index (κ3) is 6.41. The number of nitrogens with two attached hydrogens (primary N) is 1. The quantitative estimate of drug-likeness (QED) is 0.698. The van der Waals surface area contributed by atoms with Gasteiger partial charge in [-0.3, -0.25) is 4.79 Å². The Morgan fingerprint density at radius 1 is 1.20 bits per heavy atom. The van der Waals surface area contributed by atoms with Crippen molar-refractivity contribution in [2.75, 3.05) is 13.6 Å². The van der Waals surface area contributed by atoms with Gasteiger partial charge in [0.1, 0.15) is 0 Å². The Morgan fingerprint density at radius 2 is 1.76 bits per heavy atom. The lowest BCUT2D eigenvalue weighted by Gasteiger charge is -2.21. The third-order valence-corrected chi connectivity index (χ3v) is 5.99. The summed E-state index contributed by atoms with van der Waals surface area (Å²) in [5.41, 5.74) is 6.47. The average Bonchev–Trinajstić information content (AvgIpc) is 2.58. The van der Waals surface area contributed by atoms with E-state index in [2.05, 4.69) is 18.6 Å². The number of carbonyl (C=O) groups is 1. The molecule has 0 heterocycles. The molecule has 0 aliphatic rings. The summed E-state index contributed by atoms with van der Waals surface area (Å²) in [6.45, 7) is 8.40. The first-order valence-corrected chi connectivity index (χ1v) is 10.2. The van der Waals surface area contributed by atoms with Gasteiger partial charge in [0.15, 0.2) is 0 Å². The van der Waals surface area contributed by atoms with Gasteiger partial charge in [-0.2, -0.15) is 0 Å². The topological polar surface area (TPSA) is 92.5 Å². The number of hydrogen-bond acceptors (Lipinski definition) is 4. The predicted molar refractivity (Wildman–Crippen MR) is 101 cm³/mol. The second-order valence-electron chi connectivity index (χ2n) is 6.88. The Balaban J connectivity index is 2.76. The van der Waals surface area contributed by atoms with Crippen molar-refractivity contribution in [2.45, 2.75) is 57.5 Å². The zero-order chi connectivity index (χ0) is 19.2. The monoisotopic (exact) mass is 369 g/mol. The minimum absolute atomic E-state index is 0.0504. The third-order valence-electron chi connectivity index (χ3n) is 4.38. The first-order chi connectivity index (χ1) is 11.6. The summed E-state index contributed by atoms with van der Waals surface area (Å²) in [4.78, 5) is 14.2. The maximum Gasteiger partial charge on any atom is 0.253 e. The molecular weight excluding hydrogens is 338 g/mol. The highest BCUT2D eigenvalue weighted by molar-refractivity contribution is 7.89. The van der Waals surface area contributed by atoms with Crippen molar-refractivity contribution in [3.63, 3.8) is 0 Å². The van der Waals surface area contributed by atoms with Crippen LogP contribution in [-0.4, -0.2) is 44.9 Å². The molecule has 0 saturated carbocycles. The average molecular weight is 370 g/mol. The highest BCUT2D eigenvalue weighted by Gasteiger charge is 2.18. The molecule has 0 aliphatic heterocycles. The van der Waals surface area contributed by atoms with E-state index in [1.165, 1.54) is 12.1 Å². The van der Waals surface area contributed by atoms with Crippen molar-refractivity contribution >= 4 is 15.9 Å². The number of carbonyl (C=O) groups excluding carboxylic acids is 1. The fourth-order valence-corrected chi connectivity index (χ4v) is 3.52. The lowest BCUT2D eigenvalue weighted by atomic mass is 10.0. The number of rotatable bonds is 9. The van der Waals surface area contributed by atoms with Crippen LogP contribution in [0.2, 0.25) is 0 Å². The van der Waals surface area contributed by atoms with Crippen LogP contribution in [0.25, 0.3) is 0 Å². The molecule has 0 aromatic heterocycles. The molecule has 6 nitrogen and oxygen atoms in total. The summed E-state index contributed by atoms with van der Waals surface area (Å²) in [5, 5.41) is 0. The van der Waals surface area contributed by atoms with E-state index in [0.717, 1.165) is 6.42 Å². The summed E-state index contributed by atoms with van der Waals surface area (Å²) < 4.78 is 27.1. The van der Waals surface area contributed by atoms with Gasteiger partial charge in [0.2, 0.25) is 10.0 Å². The van der Waals surface area contributed by atoms with Gasteiger partial charge in [0.25, 0.3) is 5.91 Å². The maximum atomic E-state index is 12.4. The number of benzene rings is 1. The largest absolute Gasteiger partial charge is 0.342 e. The molecule has 3 N–H and O–H groups in total. The summed E-state index contributed by atoms with van der Waals surface area (Å²) in [6, 6.07) is 5.94. The summed E-state index contributed by atoms with van der Waals surface area (Å²) >= 11 is 0. The Kier molecular flexibility index (Phi) is 8.05. The molecule has 0 aliphatic carbocycles. The fourth-order valence-electron chi connectivity index (χ4n) is 2.19. The molecular formula is C18H31N3O3S. The Bertz CT molecular complexity index is 657. The number of hydrogen-bond donors (Lipinski definition) is 2. The van der Waals surface area contributed by atoms with E-state index in [1.807, 2.05) is 13.8 Å². The van der Waals surface area contributed by atoms with Crippen LogP contribution in [0, 0.1) is 5.92 Å². The minimum atomic E-state index is -3.56. The van der Waals surface area contributed by atoms with Crippen LogP contribution in [0.3, 0.4) is 0 Å². The molecule has 2 unspecified atom stereocenters. The van der Waals surface area contributed by atoms with Gasteiger partial charge in [-0.15, -0.1) is 0 Å². The molecule has 142 valence electrons. The zero-order valence-electron chi connectivity index (χ0n) is 15.8. The van der Waals surface area contributed by atoms with Crippen LogP contribution < -0.4 is 10.5 Å². The second kappa shape index (κ2) is 9.31. The van der Waals surface area contributed by atoms with Crippen molar-refractivity contribution in [1.29, 1.82) is 0 Å². The lowest BCUT2D eigenvalue weighted by molar-refractivity contribution is 0.0789. The molecule has 1 aromatic carbocycles. The molecule has 0 spiro atoms. The number of amides is 1. The summed E-state index contributed by atoms with van der Waals surface area (Å²) in [5.74, 6) is 0.223. The molecule has 0 saturated heterocycles. The highest BCUT2D eigenvalue weighted by atomic mass is 32.2. The maximum absolute atomic E-state index is 12.4. The fraction of sp³-hybridized carbons (Fsp3) is 0.611. The molecule has 0 bridgehead atoms. The van der Waals surface area contributed by atoms with Crippen LogP contribution in [0.15, 0.2) is 29.2 Å². The van der Waals surface area contributed by atoms with E-state index < -0.39 is 10.0 Å². The molecule has 0 fully saturated rings. The molecule has 25 heavy (non-hydrogen) atoms. The zero-order valence-corrected chi connectivity index (χ0v) is 16.6. The first kappa shape index (κ1) is 21.6. The highest BCUT2D eigenvalue weighted by Crippen LogP contribution is 2.13. The lowest BCUT2D eigenvalue weighted by Crippen LogP contribution is -2.34. The smallest absolute Gasteiger partial charge is 0.253 e. The van der Waals surface area contributed by atoms with E-state index in [9.17, 15) is 13.2 Å². The van der Waals surface area contributed by atoms with E-state index in [1.54, 1.807) is 24.1 Å². The van der Waals surface area contributed by atoms with Gasteiger partial charge in [0, 0.05) is 31.2 Å². The number of nitrogens with one attached hydrogen (secondary N) is 1. The van der Waals surface area contributed by atoms with E-state index >= 15 is 0 Å². The summed E-state index contributed by atoms with van der Waals surface area (Å²) in [7, 11) is -1.83. The van der Waals surface area contributed by atoms with Gasteiger partial charge >= 0.3 is 0 Å². The Labute approximate surface area is 151 Å². The molecule has 1 aromatic rings. The molecule has 1 amide bonds. The standard InChI is InChI=1S/C18H31N3O3S/c1-6-14(4)20-25(23,24)16-9-7-15(8-10-16)18(22)21(5)12-11-17(19)13(2)3/h7-10,13-14,17,20H,6,11-12,19H2,1-5H3. The van der Waals surface area contributed by atoms with Gasteiger partial charge in [-0.1, -0.05) is 20.8 Å². The van der Waals surface area contributed by atoms with Crippen molar-refractivity contribution in [3.8, 4) is 0 Å². The SMILES string of the molecule is CCC(C)NS(=O)(=O)c1ccc(C(=O)N(C)CCC(N)C(C)C)cc1. The number of sulfonamides is 1. The van der Waals surface area contributed by atoms with Crippen LogP contribution in [-0.2, 0) is 10.0 Å². The van der Waals surface area contributed by atoms with Crippen molar-refractivity contribution < 1.29 is 13.2 Å². The first-order valence-electron chi connectivity index (χ1n) is 8.72. The van der Waals surface area contributed by atoms with Crippen LogP contribution in [0.4, 0.5) is 0 Å². The molecule has 7 heteroatoms. The van der Waals surface area contributed by atoms with Gasteiger partial charge < -0.3 is 10.6 Å². The molecule has 2 atom stereocenters. The van der Waals surface area contributed by atoms with Crippen molar-refractivity contribution in [1.82, 2.24) is 9.62 Å². The van der Waals surface area contributed by atoms with Gasteiger partial charge in [0.05, 0.1) is 4.90 Å². The van der Waals surface area contributed by atoms with E-state index in [4.69, 9.17) is 5.73 Å². The molecule has 0 radical (unpaired) electrons. The van der Waals surface area contributed by atoms with Crippen molar-refractivity contribution in [2.24, 2.45) is 11.7 Å². The van der Waals surface area contributed by atoms with Crippen LogP contribution >= 0.6 is 0 Å². The van der Waals surface area contributed by atoms with Crippen molar-refractivity contribution in [3.05, 3.63) is 29.8 Å². The van der Waals surface area contributed by atoms with Crippen LogP contribution in [0.5, 0.6) is 0 Å². The summed E-state index contributed by atoms with van der Waals surface area (Å²) in [6.07, 6.45) is 1.43. The van der Waals surface area contributed by atoms with Gasteiger partial charge in [-0.05, 0) is 49.9 Å². The normalized spacial score (nSPS) is 14.4. The Hall–Kier alpha value is -1.44. The Morgan fingerprint density at radius 3 is 2.24 bits per heavy atom. The van der Waals surface area contributed by atoms with E-state index in [-0.39, 0.29) is 22.9 Å². The van der Waals surface area contributed by atoms with Crippen LogP contribution in [0.1, 0.15) is 50.9 Å². The minimum Gasteiger partial charge on any atom is -0.342 e. The number of nitrogens with zero attached hydrogens (tertiary/aromatic N) is 1. The molecule has 1 rings (SSSR count).